The number of anilines is 1. The highest BCUT2D eigenvalue weighted by molar-refractivity contribution is 6.02. The zero-order chi connectivity index (χ0) is 16.8. The van der Waals surface area contributed by atoms with E-state index < -0.39 is 4.92 Å². The van der Waals surface area contributed by atoms with E-state index in [0.29, 0.717) is 17.2 Å². The van der Waals surface area contributed by atoms with Gasteiger partial charge in [0.25, 0.3) is 5.69 Å². The smallest absolute Gasteiger partial charge is 0.276 e. The summed E-state index contributed by atoms with van der Waals surface area (Å²) in [7, 11) is 0. The quantitative estimate of drug-likeness (QED) is 0.506. The van der Waals surface area contributed by atoms with Crippen molar-refractivity contribution < 1.29 is 9.72 Å². The zero-order valence-corrected chi connectivity index (χ0v) is 13.0. The van der Waals surface area contributed by atoms with Crippen molar-refractivity contribution in [1.29, 1.82) is 0 Å². The topological polar surface area (TPSA) is 72.2 Å². The van der Waals surface area contributed by atoms with Gasteiger partial charge in [0, 0.05) is 17.8 Å². The number of nitro benzene ring substituents is 1. The summed E-state index contributed by atoms with van der Waals surface area (Å²) in [6.45, 7) is 4.20. The molecule has 0 radical (unpaired) electrons. The first-order chi connectivity index (χ1) is 11.0. The summed E-state index contributed by atoms with van der Waals surface area (Å²) >= 11 is 0. The molecule has 0 heterocycles. The summed E-state index contributed by atoms with van der Waals surface area (Å²) in [5, 5.41) is 13.6. The lowest BCUT2D eigenvalue weighted by atomic mass is 10.0. The molecule has 2 rings (SSSR count). The molecule has 5 heteroatoms. The minimum absolute atomic E-state index is 0.0298. The molecular formula is C18H18N2O3. The number of nitro groups is 1. The van der Waals surface area contributed by atoms with Crippen molar-refractivity contribution in [2.45, 2.75) is 19.8 Å². The van der Waals surface area contributed by atoms with Gasteiger partial charge >= 0.3 is 0 Å². The third-order valence-electron chi connectivity index (χ3n) is 3.39. The van der Waals surface area contributed by atoms with Crippen LogP contribution in [0, 0.1) is 10.1 Å². The van der Waals surface area contributed by atoms with E-state index in [1.165, 1.54) is 23.8 Å². The molecule has 0 saturated heterocycles. The summed E-state index contributed by atoms with van der Waals surface area (Å²) in [4.78, 5) is 22.4. The molecule has 0 bridgehead atoms. The molecule has 0 aliphatic rings. The second-order valence-corrected chi connectivity index (χ2v) is 5.42. The van der Waals surface area contributed by atoms with Gasteiger partial charge in [-0.3, -0.25) is 14.9 Å². The second kappa shape index (κ2) is 7.35. The Labute approximate surface area is 134 Å². The summed E-state index contributed by atoms with van der Waals surface area (Å²) in [6, 6.07) is 13.9. The number of amides is 1. The van der Waals surface area contributed by atoms with Gasteiger partial charge in [0.15, 0.2) is 0 Å². The number of carbonyl (C=O) groups excluding carboxylic acids is 1. The molecule has 0 unspecified atom stereocenters. The first-order valence-electron chi connectivity index (χ1n) is 7.30. The van der Waals surface area contributed by atoms with Gasteiger partial charge in [-0.2, -0.15) is 0 Å². The van der Waals surface area contributed by atoms with Crippen LogP contribution < -0.4 is 5.32 Å². The van der Waals surface area contributed by atoms with Crippen LogP contribution in [0.4, 0.5) is 11.4 Å². The number of para-hydroxylation sites is 1. The molecule has 0 saturated carbocycles. The Morgan fingerprint density at radius 1 is 1.13 bits per heavy atom. The molecule has 0 atom stereocenters. The minimum Gasteiger partial charge on any atom is -0.323 e. The number of nitrogens with one attached hydrogen (secondary N) is 1. The maximum Gasteiger partial charge on any atom is 0.276 e. The Hall–Kier alpha value is -2.95. The standard InChI is InChI=1S/C18H18N2O3/c1-13(2)14-7-10-16(11-8-14)19-18(21)12-9-15-5-3-4-6-17(15)20(22)23/h3-13H,1-2H3,(H,19,21)/b12-9+. The van der Waals surface area contributed by atoms with Crippen LogP contribution in [0.2, 0.25) is 0 Å². The van der Waals surface area contributed by atoms with E-state index in [9.17, 15) is 14.9 Å². The molecule has 2 aromatic rings. The molecule has 2 aromatic carbocycles. The highest BCUT2D eigenvalue weighted by Gasteiger charge is 2.09. The number of benzene rings is 2. The van der Waals surface area contributed by atoms with Crippen molar-refractivity contribution >= 4 is 23.4 Å². The van der Waals surface area contributed by atoms with Crippen LogP contribution in [0.3, 0.4) is 0 Å². The fourth-order valence-electron chi connectivity index (χ4n) is 2.10. The van der Waals surface area contributed by atoms with Crippen LogP contribution in [0.1, 0.15) is 30.9 Å². The minimum atomic E-state index is -0.470. The molecule has 23 heavy (non-hydrogen) atoms. The largest absolute Gasteiger partial charge is 0.323 e. The van der Waals surface area contributed by atoms with Crippen LogP contribution >= 0.6 is 0 Å². The van der Waals surface area contributed by atoms with E-state index in [2.05, 4.69) is 19.2 Å². The Morgan fingerprint density at radius 3 is 2.39 bits per heavy atom. The lowest BCUT2D eigenvalue weighted by Crippen LogP contribution is -2.07. The number of rotatable bonds is 5. The monoisotopic (exact) mass is 310 g/mol. The van der Waals surface area contributed by atoms with Crippen molar-refractivity contribution in [2.75, 3.05) is 5.32 Å². The van der Waals surface area contributed by atoms with Gasteiger partial charge in [-0.1, -0.05) is 38.1 Å². The molecule has 118 valence electrons. The highest BCUT2D eigenvalue weighted by atomic mass is 16.6. The fourth-order valence-corrected chi connectivity index (χ4v) is 2.10. The first kappa shape index (κ1) is 16.4. The summed E-state index contributed by atoms with van der Waals surface area (Å²) in [6.07, 6.45) is 2.73. The van der Waals surface area contributed by atoms with Gasteiger partial charge in [0.05, 0.1) is 10.5 Å². The molecule has 5 nitrogen and oxygen atoms in total. The molecular weight excluding hydrogens is 292 g/mol. The Kier molecular flexibility index (Phi) is 5.25. The van der Waals surface area contributed by atoms with Crippen LogP contribution in [0.25, 0.3) is 6.08 Å². The lowest BCUT2D eigenvalue weighted by molar-refractivity contribution is -0.385. The highest BCUT2D eigenvalue weighted by Crippen LogP contribution is 2.19. The predicted octanol–water partition coefficient (Wildman–Crippen LogP) is 4.37. The number of carbonyl (C=O) groups is 1. The van der Waals surface area contributed by atoms with Gasteiger partial charge in [0.1, 0.15) is 0 Å². The molecule has 1 amide bonds. The predicted molar refractivity (Wildman–Crippen MR) is 91.3 cm³/mol. The van der Waals surface area contributed by atoms with E-state index in [0.717, 1.165) is 0 Å². The molecule has 0 fully saturated rings. The first-order valence-corrected chi connectivity index (χ1v) is 7.30. The van der Waals surface area contributed by atoms with Gasteiger partial charge in [-0.25, -0.2) is 0 Å². The lowest BCUT2D eigenvalue weighted by Gasteiger charge is -2.07. The molecule has 0 spiro atoms. The summed E-state index contributed by atoms with van der Waals surface area (Å²) in [5.74, 6) is 0.0960. The summed E-state index contributed by atoms with van der Waals surface area (Å²) in [5.41, 5.74) is 2.24. The van der Waals surface area contributed by atoms with Crippen LogP contribution in [-0.2, 0) is 4.79 Å². The molecule has 0 aromatic heterocycles. The average molecular weight is 310 g/mol. The van der Waals surface area contributed by atoms with Crippen LogP contribution in [-0.4, -0.2) is 10.8 Å². The van der Waals surface area contributed by atoms with E-state index in [1.54, 1.807) is 18.2 Å². The van der Waals surface area contributed by atoms with Crippen molar-refractivity contribution in [1.82, 2.24) is 0 Å². The van der Waals surface area contributed by atoms with Crippen LogP contribution in [0.15, 0.2) is 54.6 Å². The SMILES string of the molecule is CC(C)c1ccc(NC(=O)/C=C/c2ccccc2[N+](=O)[O-])cc1. The second-order valence-electron chi connectivity index (χ2n) is 5.42. The average Bonchev–Trinajstić information content (AvgIpc) is 2.53. The number of nitrogens with zero attached hydrogens (tertiary/aromatic N) is 1. The normalized spacial score (nSPS) is 10.9. The van der Waals surface area contributed by atoms with Gasteiger partial charge in [0.2, 0.25) is 5.91 Å². The van der Waals surface area contributed by atoms with E-state index in [4.69, 9.17) is 0 Å². The molecule has 1 N–H and O–H groups in total. The maximum absolute atomic E-state index is 11.9. The van der Waals surface area contributed by atoms with E-state index >= 15 is 0 Å². The Bertz CT molecular complexity index is 734. The number of hydrogen-bond donors (Lipinski definition) is 1. The van der Waals surface area contributed by atoms with E-state index in [-0.39, 0.29) is 11.6 Å². The van der Waals surface area contributed by atoms with Crippen LogP contribution in [0.5, 0.6) is 0 Å². The maximum atomic E-state index is 11.9. The number of hydrogen-bond acceptors (Lipinski definition) is 3. The summed E-state index contributed by atoms with van der Waals surface area (Å²) < 4.78 is 0. The van der Waals surface area contributed by atoms with Gasteiger partial charge < -0.3 is 5.32 Å². The Balaban J connectivity index is 2.06. The van der Waals surface area contributed by atoms with Gasteiger partial charge in [-0.05, 0) is 35.8 Å². The third kappa shape index (κ3) is 4.51. The third-order valence-corrected chi connectivity index (χ3v) is 3.39. The van der Waals surface area contributed by atoms with Crippen molar-refractivity contribution in [3.05, 3.63) is 75.8 Å². The van der Waals surface area contributed by atoms with Crippen molar-refractivity contribution in [3.63, 3.8) is 0 Å². The van der Waals surface area contributed by atoms with Crippen molar-refractivity contribution in [2.24, 2.45) is 0 Å². The Morgan fingerprint density at radius 2 is 1.78 bits per heavy atom. The van der Waals surface area contributed by atoms with Crippen molar-refractivity contribution in [3.8, 4) is 0 Å². The zero-order valence-electron chi connectivity index (χ0n) is 13.0. The fraction of sp³-hybridized carbons (Fsp3) is 0.167. The molecule has 0 aliphatic heterocycles. The van der Waals surface area contributed by atoms with E-state index in [1.807, 2.05) is 24.3 Å². The molecule has 0 aliphatic carbocycles. The van der Waals surface area contributed by atoms with Gasteiger partial charge in [-0.15, -0.1) is 0 Å².